The van der Waals surface area contributed by atoms with Gasteiger partial charge in [-0.2, -0.15) is 18.5 Å². The third-order valence-electron chi connectivity index (χ3n) is 2.89. The van der Waals surface area contributed by atoms with E-state index >= 15 is 0 Å². The van der Waals surface area contributed by atoms with Crippen LogP contribution in [0.5, 0.6) is 0 Å². The van der Waals surface area contributed by atoms with Crippen molar-refractivity contribution in [2.75, 3.05) is 17.7 Å². The molecule has 2 rings (SSSR count). The lowest BCUT2D eigenvalue weighted by Crippen LogP contribution is -2.24. The fourth-order valence-electron chi connectivity index (χ4n) is 2.01. The second kappa shape index (κ2) is 7.52. The van der Waals surface area contributed by atoms with E-state index in [2.05, 4.69) is 22.2 Å². The van der Waals surface area contributed by atoms with Gasteiger partial charge in [0.05, 0.1) is 28.6 Å². The summed E-state index contributed by atoms with van der Waals surface area (Å²) in [5.41, 5.74) is 6.39. The molecule has 1 atom stereocenters. The number of rotatable bonds is 5. The number of nitrogens with zero attached hydrogens (tertiary/aromatic N) is 2. The van der Waals surface area contributed by atoms with Gasteiger partial charge in [0.1, 0.15) is 5.82 Å². The average molecular weight is 315 g/mol. The molecule has 0 aliphatic heterocycles. The number of anilines is 2. The number of aliphatic hydroxyl groups is 1. The van der Waals surface area contributed by atoms with Gasteiger partial charge >= 0.3 is 0 Å². The van der Waals surface area contributed by atoms with Crippen molar-refractivity contribution in [3.63, 3.8) is 0 Å². The van der Waals surface area contributed by atoms with Crippen molar-refractivity contribution in [3.05, 3.63) is 23.2 Å². The average Bonchev–Trinajstić information content (AvgIpc) is 2.37. The molecule has 1 aromatic heterocycles. The number of halogens is 1. The largest absolute Gasteiger partial charge is 0.394 e. The van der Waals surface area contributed by atoms with E-state index in [1.165, 1.54) is 0 Å². The van der Waals surface area contributed by atoms with Crippen LogP contribution in [-0.2, 0) is 0 Å². The van der Waals surface area contributed by atoms with E-state index in [1.807, 2.05) is 12.1 Å². The molecule has 5 nitrogen and oxygen atoms in total. The lowest BCUT2D eigenvalue weighted by molar-refractivity contribution is 0.268. The Bertz CT molecular complexity index is 582. The summed E-state index contributed by atoms with van der Waals surface area (Å²) >= 11 is 6.19. The molecule has 110 valence electrons. The molecule has 0 aliphatic rings. The summed E-state index contributed by atoms with van der Waals surface area (Å²) in [5, 5.41) is 13.8. The van der Waals surface area contributed by atoms with E-state index in [4.69, 9.17) is 17.3 Å². The van der Waals surface area contributed by atoms with Crippen LogP contribution in [0.1, 0.15) is 19.8 Å². The lowest BCUT2D eigenvalue weighted by atomic mass is 10.1. The van der Waals surface area contributed by atoms with Crippen molar-refractivity contribution in [2.45, 2.75) is 25.8 Å². The predicted octanol–water partition coefficient (Wildman–Crippen LogP) is 2.55. The summed E-state index contributed by atoms with van der Waals surface area (Å²) < 4.78 is 0. The Kier molecular flexibility index (Phi) is 6.32. The third kappa shape index (κ3) is 3.65. The minimum absolute atomic E-state index is 0. The van der Waals surface area contributed by atoms with Gasteiger partial charge in [0.2, 0.25) is 5.95 Å². The quantitative estimate of drug-likeness (QED) is 0.790. The van der Waals surface area contributed by atoms with Crippen molar-refractivity contribution < 1.29 is 5.11 Å². The molecule has 0 radical (unpaired) electrons. The first kappa shape index (κ1) is 16.8. The molecule has 20 heavy (non-hydrogen) atoms. The first-order valence-electron chi connectivity index (χ1n) is 6.24. The highest BCUT2D eigenvalue weighted by Crippen LogP contribution is 2.29. The fraction of sp³-hybridized carbons (Fsp3) is 0.385. The van der Waals surface area contributed by atoms with Crippen LogP contribution < -0.4 is 11.1 Å². The molecule has 2 aromatic rings. The molecule has 0 bridgehead atoms. The highest BCUT2D eigenvalue weighted by atomic mass is 35.5. The third-order valence-corrected chi connectivity index (χ3v) is 3.20. The molecule has 0 fully saturated rings. The zero-order valence-electron chi connectivity index (χ0n) is 11.2. The summed E-state index contributed by atoms with van der Waals surface area (Å²) in [4.78, 5) is 8.35. The Hall–Kier alpha value is -1.24. The van der Waals surface area contributed by atoms with Crippen molar-refractivity contribution in [1.82, 2.24) is 9.97 Å². The topological polar surface area (TPSA) is 84.1 Å². The van der Waals surface area contributed by atoms with E-state index in [9.17, 15) is 5.11 Å². The number of nitrogens with two attached hydrogens (primary N) is 1. The van der Waals surface area contributed by atoms with Gasteiger partial charge in [-0.3, -0.25) is 0 Å². The molecule has 7 heteroatoms. The Morgan fingerprint density at radius 2 is 2.15 bits per heavy atom. The maximum Gasteiger partial charge on any atom is 0.222 e. The maximum atomic E-state index is 9.36. The van der Waals surface area contributed by atoms with Gasteiger partial charge in [-0.05, 0) is 18.6 Å². The second-order valence-corrected chi connectivity index (χ2v) is 4.78. The number of aromatic nitrogens is 2. The Balaban J connectivity index is 0.00000200. The normalized spacial score (nSPS) is 11.9. The van der Waals surface area contributed by atoms with E-state index in [0.29, 0.717) is 16.4 Å². The molecule has 1 aromatic carbocycles. The Morgan fingerprint density at radius 1 is 1.40 bits per heavy atom. The smallest absolute Gasteiger partial charge is 0.222 e. The summed E-state index contributed by atoms with van der Waals surface area (Å²) in [6.45, 7) is 2.09. The van der Waals surface area contributed by atoms with Gasteiger partial charge in [-0.15, -0.1) is 0 Å². The van der Waals surface area contributed by atoms with Crippen LogP contribution in [0.3, 0.4) is 0 Å². The summed E-state index contributed by atoms with van der Waals surface area (Å²) in [6, 6.07) is 5.36. The first-order valence-corrected chi connectivity index (χ1v) is 6.62. The zero-order chi connectivity index (χ0) is 13.8. The van der Waals surface area contributed by atoms with Crippen LogP contribution in [0.2, 0.25) is 5.02 Å². The molecule has 0 aliphatic carbocycles. The summed E-state index contributed by atoms with van der Waals surface area (Å²) in [5.74, 6) is 0.756. The molecule has 0 amide bonds. The Morgan fingerprint density at radius 3 is 2.80 bits per heavy atom. The summed E-state index contributed by atoms with van der Waals surface area (Å²) in [7, 11) is 0. The maximum absolute atomic E-state index is 9.36. The van der Waals surface area contributed by atoms with Crippen LogP contribution in [0, 0.1) is 0 Å². The van der Waals surface area contributed by atoms with Crippen LogP contribution in [0.15, 0.2) is 18.2 Å². The van der Waals surface area contributed by atoms with Gasteiger partial charge < -0.3 is 16.2 Å². The number of aliphatic hydroxyl groups excluding tert-OH is 1. The molecule has 0 spiro atoms. The van der Waals surface area contributed by atoms with Crippen LogP contribution in [-0.4, -0.2) is 27.7 Å². The number of hydrogen-bond donors (Lipinski definition) is 3. The molecule has 0 saturated heterocycles. The van der Waals surface area contributed by atoms with Crippen molar-refractivity contribution >= 4 is 47.8 Å². The van der Waals surface area contributed by atoms with E-state index in [-0.39, 0.29) is 32.1 Å². The highest BCUT2D eigenvalue weighted by Gasteiger charge is 2.13. The zero-order valence-corrected chi connectivity index (χ0v) is 13.0. The van der Waals surface area contributed by atoms with Gasteiger partial charge in [-0.25, -0.2) is 4.98 Å². The Labute approximate surface area is 130 Å². The van der Waals surface area contributed by atoms with E-state index in [1.54, 1.807) is 6.07 Å². The molecule has 1 heterocycles. The van der Waals surface area contributed by atoms with Gasteiger partial charge in [0.25, 0.3) is 0 Å². The summed E-state index contributed by atoms with van der Waals surface area (Å²) in [6.07, 6.45) is 1.80. The standard InChI is InChI=1S/C13H17ClN4O.H2S/c1-2-4-8(7-19)16-12-11-9(14)5-3-6-10(11)17-13(15)18-12;/h3,5-6,8,19H,2,4,7H2,1H3,(H3,15,16,17,18);1H2/t8-;/m0./s1. The predicted molar refractivity (Wildman–Crippen MR) is 88.7 cm³/mol. The van der Waals surface area contributed by atoms with E-state index < -0.39 is 0 Å². The number of hydrogen-bond acceptors (Lipinski definition) is 5. The second-order valence-electron chi connectivity index (χ2n) is 4.38. The van der Waals surface area contributed by atoms with E-state index in [0.717, 1.165) is 18.2 Å². The molecular weight excluding hydrogens is 296 g/mol. The van der Waals surface area contributed by atoms with Gasteiger partial charge in [0, 0.05) is 0 Å². The van der Waals surface area contributed by atoms with Gasteiger partial charge in [0.15, 0.2) is 0 Å². The minimum Gasteiger partial charge on any atom is -0.394 e. The monoisotopic (exact) mass is 314 g/mol. The van der Waals surface area contributed by atoms with Crippen molar-refractivity contribution in [1.29, 1.82) is 0 Å². The van der Waals surface area contributed by atoms with Crippen LogP contribution in [0.4, 0.5) is 11.8 Å². The molecule has 4 N–H and O–H groups in total. The SMILES string of the molecule is CCC[C@@H](CO)Nc1nc(N)nc2cccc(Cl)c12.S. The minimum atomic E-state index is -0.0706. The fourth-order valence-corrected chi connectivity index (χ4v) is 2.27. The molecule has 0 unspecified atom stereocenters. The van der Waals surface area contributed by atoms with Crippen LogP contribution in [0.25, 0.3) is 10.9 Å². The van der Waals surface area contributed by atoms with Crippen LogP contribution >= 0.6 is 25.1 Å². The lowest BCUT2D eigenvalue weighted by Gasteiger charge is -2.17. The number of fused-ring (bicyclic) bond motifs is 1. The number of benzene rings is 1. The highest BCUT2D eigenvalue weighted by molar-refractivity contribution is 7.59. The molecular formula is C13H19ClN4OS. The molecule has 0 saturated carbocycles. The number of nitrogens with one attached hydrogen (secondary N) is 1. The van der Waals surface area contributed by atoms with Crippen molar-refractivity contribution in [3.8, 4) is 0 Å². The first-order chi connectivity index (χ1) is 9.15. The van der Waals surface area contributed by atoms with Crippen molar-refractivity contribution in [2.24, 2.45) is 0 Å². The number of nitrogen functional groups attached to an aromatic ring is 1. The van der Waals surface area contributed by atoms with Gasteiger partial charge in [-0.1, -0.05) is 31.0 Å².